The summed E-state index contributed by atoms with van der Waals surface area (Å²) in [7, 11) is 0. The van der Waals surface area contributed by atoms with Gasteiger partial charge in [-0.25, -0.2) is 0 Å². The Morgan fingerprint density at radius 1 is 0.552 bits per heavy atom. The lowest BCUT2D eigenvalue weighted by Crippen LogP contribution is -2.07. The van der Waals surface area contributed by atoms with Crippen LogP contribution < -0.4 is 0 Å². The predicted molar refractivity (Wildman–Crippen MR) is 114 cm³/mol. The molecule has 0 bridgehead atoms. The summed E-state index contributed by atoms with van der Waals surface area (Å²) in [6, 6.07) is 6.52. The molecular formula is C25H32O4. The summed E-state index contributed by atoms with van der Waals surface area (Å²) < 4.78 is 0. The van der Waals surface area contributed by atoms with Crippen LogP contribution in [-0.2, 0) is 6.42 Å². The molecule has 0 saturated heterocycles. The zero-order chi connectivity index (χ0) is 20.4. The van der Waals surface area contributed by atoms with Crippen LogP contribution in [0.2, 0.25) is 0 Å². The van der Waals surface area contributed by atoms with Crippen LogP contribution in [0.5, 0.6) is 23.0 Å². The van der Waals surface area contributed by atoms with Crippen LogP contribution >= 0.6 is 0 Å². The first-order valence-electron chi connectivity index (χ1n) is 11.1. The van der Waals surface area contributed by atoms with E-state index in [1.165, 1.54) is 12.8 Å². The minimum absolute atomic E-state index is 0.144. The van der Waals surface area contributed by atoms with Gasteiger partial charge >= 0.3 is 0 Å². The third-order valence-electron chi connectivity index (χ3n) is 6.88. The van der Waals surface area contributed by atoms with Crippen molar-refractivity contribution in [3.05, 3.63) is 46.5 Å². The monoisotopic (exact) mass is 396 g/mol. The molecule has 0 aromatic heterocycles. The molecule has 2 fully saturated rings. The van der Waals surface area contributed by atoms with E-state index < -0.39 is 0 Å². The van der Waals surface area contributed by atoms with E-state index in [4.69, 9.17) is 0 Å². The van der Waals surface area contributed by atoms with Crippen LogP contribution in [0.4, 0.5) is 0 Å². The average molecular weight is 397 g/mol. The zero-order valence-electron chi connectivity index (χ0n) is 17.0. The van der Waals surface area contributed by atoms with Gasteiger partial charge in [0.25, 0.3) is 0 Å². The lowest BCUT2D eigenvalue weighted by Gasteiger charge is -2.25. The van der Waals surface area contributed by atoms with Gasteiger partial charge in [-0.1, -0.05) is 38.5 Å². The van der Waals surface area contributed by atoms with E-state index in [2.05, 4.69) is 0 Å². The van der Waals surface area contributed by atoms with E-state index in [1.54, 1.807) is 24.3 Å². The first-order chi connectivity index (χ1) is 14.0. The molecule has 2 aromatic rings. The standard InChI is InChI=1S/C25H32O4/c26-20-12-18(24(28)22(14-20)16-7-3-1-4-8-16)11-19-13-21(27)15-23(25(19)29)17-9-5-2-6-10-17/h12-17,26-29H,1-11H2. The van der Waals surface area contributed by atoms with E-state index in [0.29, 0.717) is 11.1 Å². The van der Waals surface area contributed by atoms with E-state index in [9.17, 15) is 20.4 Å². The van der Waals surface area contributed by atoms with E-state index in [0.717, 1.165) is 62.5 Å². The molecule has 2 aromatic carbocycles. The normalized spacial score (nSPS) is 18.8. The molecule has 0 spiro atoms. The fourth-order valence-electron chi connectivity index (χ4n) is 5.33. The molecule has 4 nitrogen and oxygen atoms in total. The van der Waals surface area contributed by atoms with Gasteiger partial charge in [-0.05, 0) is 61.8 Å². The lowest BCUT2D eigenvalue weighted by molar-refractivity contribution is 0.402. The van der Waals surface area contributed by atoms with Crippen molar-refractivity contribution in [2.24, 2.45) is 0 Å². The highest BCUT2D eigenvalue weighted by Crippen LogP contribution is 2.44. The smallest absolute Gasteiger partial charge is 0.122 e. The van der Waals surface area contributed by atoms with E-state index in [-0.39, 0.29) is 41.3 Å². The second kappa shape index (κ2) is 8.56. The fraction of sp³-hybridized carbons (Fsp3) is 0.520. The molecular weight excluding hydrogens is 364 g/mol. The van der Waals surface area contributed by atoms with Crippen LogP contribution in [0.3, 0.4) is 0 Å². The van der Waals surface area contributed by atoms with Gasteiger partial charge in [0.1, 0.15) is 23.0 Å². The Balaban J connectivity index is 1.67. The van der Waals surface area contributed by atoms with Crippen molar-refractivity contribution in [1.82, 2.24) is 0 Å². The molecule has 0 amide bonds. The maximum Gasteiger partial charge on any atom is 0.122 e. The Kier molecular flexibility index (Phi) is 5.89. The second-order valence-corrected chi connectivity index (χ2v) is 8.93. The number of aromatic hydroxyl groups is 4. The minimum Gasteiger partial charge on any atom is -0.508 e. The topological polar surface area (TPSA) is 80.9 Å². The number of phenolic OH excluding ortho intramolecular Hbond substituents is 4. The Morgan fingerprint density at radius 3 is 1.31 bits per heavy atom. The fourth-order valence-corrected chi connectivity index (χ4v) is 5.33. The molecule has 0 radical (unpaired) electrons. The Morgan fingerprint density at radius 2 is 0.931 bits per heavy atom. The van der Waals surface area contributed by atoms with Crippen molar-refractivity contribution in [2.45, 2.75) is 82.5 Å². The Labute approximate surface area is 172 Å². The molecule has 156 valence electrons. The summed E-state index contributed by atoms with van der Waals surface area (Å²) in [4.78, 5) is 0. The van der Waals surface area contributed by atoms with Gasteiger partial charge in [-0.15, -0.1) is 0 Å². The quantitative estimate of drug-likeness (QED) is 0.464. The SMILES string of the molecule is Oc1cc(Cc2cc(O)cc(C3CCCCC3)c2O)c(O)c(C2CCCCC2)c1. The molecule has 0 atom stereocenters. The Hall–Kier alpha value is -2.36. The summed E-state index contributed by atoms with van der Waals surface area (Å²) in [6.07, 6.45) is 11.4. The predicted octanol–water partition coefficient (Wildman–Crippen LogP) is 6.20. The maximum absolute atomic E-state index is 10.9. The summed E-state index contributed by atoms with van der Waals surface area (Å²) in [5.41, 5.74) is 2.82. The van der Waals surface area contributed by atoms with Crippen molar-refractivity contribution < 1.29 is 20.4 Å². The van der Waals surface area contributed by atoms with Crippen LogP contribution in [0.1, 0.15) is 98.3 Å². The van der Waals surface area contributed by atoms with Crippen molar-refractivity contribution >= 4 is 0 Å². The number of hydrogen-bond donors (Lipinski definition) is 4. The van der Waals surface area contributed by atoms with Crippen molar-refractivity contribution in [3.8, 4) is 23.0 Å². The first-order valence-corrected chi connectivity index (χ1v) is 11.1. The van der Waals surface area contributed by atoms with Crippen LogP contribution in [0, 0.1) is 0 Å². The highest BCUT2D eigenvalue weighted by molar-refractivity contribution is 5.54. The van der Waals surface area contributed by atoms with Gasteiger partial charge in [0.15, 0.2) is 0 Å². The summed E-state index contributed by atoms with van der Waals surface area (Å²) in [5, 5.41) is 42.5. The summed E-state index contributed by atoms with van der Waals surface area (Å²) in [6.45, 7) is 0. The number of hydrogen-bond acceptors (Lipinski definition) is 4. The number of phenols is 4. The molecule has 0 heterocycles. The maximum atomic E-state index is 10.9. The van der Waals surface area contributed by atoms with Gasteiger partial charge in [-0.3, -0.25) is 0 Å². The van der Waals surface area contributed by atoms with Crippen molar-refractivity contribution in [1.29, 1.82) is 0 Å². The number of rotatable bonds is 4. The largest absolute Gasteiger partial charge is 0.508 e. The van der Waals surface area contributed by atoms with Gasteiger partial charge < -0.3 is 20.4 Å². The second-order valence-electron chi connectivity index (χ2n) is 8.93. The molecule has 4 heteroatoms. The average Bonchev–Trinajstić information content (AvgIpc) is 2.74. The van der Waals surface area contributed by atoms with Gasteiger partial charge in [0.05, 0.1) is 0 Å². The van der Waals surface area contributed by atoms with Crippen molar-refractivity contribution in [2.75, 3.05) is 0 Å². The molecule has 29 heavy (non-hydrogen) atoms. The molecule has 2 saturated carbocycles. The zero-order valence-corrected chi connectivity index (χ0v) is 17.0. The molecule has 0 aliphatic heterocycles. The molecule has 4 N–H and O–H groups in total. The first kappa shape index (κ1) is 19.9. The number of benzene rings is 2. The molecule has 2 aliphatic carbocycles. The molecule has 2 aliphatic rings. The molecule has 4 rings (SSSR count). The molecule has 0 unspecified atom stereocenters. The van der Waals surface area contributed by atoms with Gasteiger partial charge in [-0.2, -0.15) is 0 Å². The summed E-state index contributed by atoms with van der Waals surface area (Å²) >= 11 is 0. The van der Waals surface area contributed by atoms with Gasteiger partial charge in [0.2, 0.25) is 0 Å². The van der Waals surface area contributed by atoms with Crippen molar-refractivity contribution in [3.63, 3.8) is 0 Å². The van der Waals surface area contributed by atoms with Crippen LogP contribution in [0.15, 0.2) is 24.3 Å². The third kappa shape index (κ3) is 4.31. The van der Waals surface area contributed by atoms with E-state index >= 15 is 0 Å². The van der Waals surface area contributed by atoms with Crippen LogP contribution in [0.25, 0.3) is 0 Å². The van der Waals surface area contributed by atoms with Crippen LogP contribution in [-0.4, -0.2) is 20.4 Å². The lowest BCUT2D eigenvalue weighted by atomic mass is 9.81. The van der Waals surface area contributed by atoms with E-state index in [1.807, 2.05) is 0 Å². The highest BCUT2D eigenvalue weighted by Gasteiger charge is 2.24. The van der Waals surface area contributed by atoms with Gasteiger partial charge in [0, 0.05) is 28.7 Å². The third-order valence-corrected chi connectivity index (χ3v) is 6.88. The minimum atomic E-state index is 0.144. The Bertz CT molecular complexity index is 790. The highest BCUT2D eigenvalue weighted by atomic mass is 16.3. The summed E-state index contributed by atoms with van der Waals surface area (Å²) in [5.74, 6) is 1.26.